The van der Waals surface area contributed by atoms with Gasteiger partial charge in [-0.25, -0.2) is 0 Å². The van der Waals surface area contributed by atoms with Crippen LogP contribution in [0.15, 0.2) is 0 Å². The van der Waals surface area contributed by atoms with Crippen LogP contribution in [-0.4, -0.2) is 54.6 Å². The first-order valence-electron chi connectivity index (χ1n) is 22.5. The molecule has 0 spiro atoms. The van der Waals surface area contributed by atoms with Crippen LogP contribution < -0.4 is 0 Å². The highest BCUT2D eigenvalue weighted by Crippen LogP contribution is 2.58. The molecular formula is C45H80O3S4. The molecule has 0 aromatic rings. The maximum atomic E-state index is 12.2. The van der Waals surface area contributed by atoms with E-state index in [2.05, 4.69) is 41.5 Å². The smallest absolute Gasteiger partial charge is 0.0794 e. The second kappa shape index (κ2) is 18.9. The molecule has 8 unspecified atom stereocenters. The molecule has 3 nitrogen and oxygen atoms in total. The number of hydrogen-bond acceptors (Lipinski definition) is 7. The van der Waals surface area contributed by atoms with Crippen LogP contribution in [0.1, 0.15) is 189 Å². The molecule has 0 radical (unpaired) electrons. The summed E-state index contributed by atoms with van der Waals surface area (Å²) < 4.78 is 0. The largest absolute Gasteiger partial charge is 0.392 e. The van der Waals surface area contributed by atoms with E-state index in [1.807, 2.05) is 43.2 Å². The third-order valence-corrected chi connectivity index (χ3v) is 23.8. The quantitative estimate of drug-likeness (QED) is 0.170. The fraction of sp³-hybridized carbons (Fsp3) is 1.00. The summed E-state index contributed by atoms with van der Waals surface area (Å²) in [6.45, 7) is 15.3. The van der Waals surface area contributed by atoms with Crippen LogP contribution in [0.25, 0.3) is 0 Å². The van der Waals surface area contributed by atoms with Gasteiger partial charge in [-0.2, -0.15) is 0 Å². The third-order valence-electron chi connectivity index (χ3n) is 17.0. The van der Waals surface area contributed by atoms with E-state index in [0.29, 0.717) is 28.6 Å². The fourth-order valence-electron chi connectivity index (χ4n) is 12.6. The Labute approximate surface area is 336 Å². The number of aliphatic hydroxyl groups is 3. The second-order valence-corrected chi connectivity index (χ2v) is 26.3. The lowest BCUT2D eigenvalue weighted by Gasteiger charge is -2.50. The molecule has 52 heavy (non-hydrogen) atoms. The molecule has 6 aliphatic carbocycles. The van der Waals surface area contributed by atoms with Crippen molar-refractivity contribution in [2.24, 2.45) is 51.8 Å². The molecule has 3 N–H and O–H groups in total. The predicted octanol–water partition coefficient (Wildman–Crippen LogP) is 13.1. The summed E-state index contributed by atoms with van der Waals surface area (Å²) in [6, 6.07) is 0. The Kier molecular flexibility index (Phi) is 15.6. The Morgan fingerprint density at radius 2 is 0.615 bits per heavy atom. The summed E-state index contributed by atoms with van der Waals surface area (Å²) in [5.74, 6) is 4.39. The van der Waals surface area contributed by atoms with Gasteiger partial charge in [0.05, 0.1) is 18.3 Å². The topological polar surface area (TPSA) is 60.7 Å². The zero-order chi connectivity index (χ0) is 37.1. The molecule has 0 heterocycles. The van der Waals surface area contributed by atoms with E-state index < -0.39 is 0 Å². The second-order valence-electron chi connectivity index (χ2n) is 20.8. The number of rotatable bonds is 12. The van der Waals surface area contributed by atoms with Gasteiger partial charge in [-0.15, -0.1) is 0 Å². The summed E-state index contributed by atoms with van der Waals surface area (Å²) in [5.41, 5.74) is 0.958. The monoisotopic (exact) mass is 796 g/mol. The van der Waals surface area contributed by atoms with E-state index in [-0.39, 0.29) is 44.7 Å². The summed E-state index contributed by atoms with van der Waals surface area (Å²) in [6.07, 6.45) is 28.6. The minimum atomic E-state index is -0.348. The Morgan fingerprint density at radius 1 is 0.327 bits per heavy atom. The van der Waals surface area contributed by atoms with Gasteiger partial charge in [-0.3, -0.25) is 0 Å². The molecule has 7 heteroatoms. The molecule has 0 saturated heterocycles. The van der Waals surface area contributed by atoms with Gasteiger partial charge in [0.25, 0.3) is 0 Å². The Bertz CT molecular complexity index is 1010. The lowest BCUT2D eigenvalue weighted by Crippen LogP contribution is -2.47. The lowest BCUT2D eigenvalue weighted by molar-refractivity contribution is 0.0257. The van der Waals surface area contributed by atoms with Gasteiger partial charge < -0.3 is 15.3 Å². The van der Waals surface area contributed by atoms with Crippen LogP contribution in [-0.2, 0) is 0 Å². The Morgan fingerprint density at radius 3 is 0.962 bits per heavy atom. The number of hydrogen-bond donors (Lipinski definition) is 3. The van der Waals surface area contributed by atoms with E-state index in [9.17, 15) is 15.3 Å². The molecule has 0 aromatic carbocycles. The molecule has 6 fully saturated rings. The van der Waals surface area contributed by atoms with Crippen molar-refractivity contribution in [3.8, 4) is 0 Å². The van der Waals surface area contributed by atoms with Gasteiger partial charge in [0.1, 0.15) is 0 Å². The van der Waals surface area contributed by atoms with Crippen LogP contribution in [0.3, 0.4) is 0 Å². The molecule has 6 aliphatic rings. The molecule has 6 rings (SSSR count). The van der Waals surface area contributed by atoms with E-state index in [0.717, 1.165) is 69.1 Å². The van der Waals surface area contributed by atoms with E-state index in [4.69, 9.17) is 0 Å². The fourth-order valence-corrected chi connectivity index (χ4v) is 19.7. The van der Waals surface area contributed by atoms with Gasteiger partial charge in [0, 0.05) is 21.0 Å². The normalized spacial score (nSPS) is 38.7. The molecular weight excluding hydrogens is 717 g/mol. The summed E-state index contributed by atoms with van der Waals surface area (Å²) in [5, 5.41) is 35.8. The maximum absolute atomic E-state index is 12.2. The molecule has 302 valence electrons. The highest BCUT2D eigenvalue weighted by Gasteiger charge is 2.49. The average molecular weight is 797 g/mol. The van der Waals surface area contributed by atoms with Crippen LogP contribution >= 0.6 is 43.2 Å². The highest BCUT2D eigenvalue weighted by molar-refractivity contribution is 8.77. The summed E-state index contributed by atoms with van der Waals surface area (Å²) in [7, 11) is 7.79. The average Bonchev–Trinajstić information content (AvgIpc) is 3.15. The first kappa shape index (κ1) is 42.9. The maximum Gasteiger partial charge on any atom is 0.0794 e. The highest BCUT2D eigenvalue weighted by atomic mass is 33.1. The Hall–Kier alpha value is 1.28. The zero-order valence-electron chi connectivity index (χ0n) is 34.2. The summed E-state index contributed by atoms with van der Waals surface area (Å²) >= 11 is 0. The molecule has 0 bridgehead atoms. The van der Waals surface area contributed by atoms with Crippen molar-refractivity contribution in [2.75, 3.05) is 0 Å². The van der Waals surface area contributed by atoms with Gasteiger partial charge in [0.2, 0.25) is 0 Å². The van der Waals surface area contributed by atoms with E-state index in [1.54, 1.807) is 0 Å². The van der Waals surface area contributed by atoms with E-state index in [1.165, 1.54) is 96.3 Å². The van der Waals surface area contributed by atoms with Gasteiger partial charge in [0.15, 0.2) is 0 Å². The number of aliphatic hydroxyl groups excluding tert-OH is 3. The van der Waals surface area contributed by atoms with Crippen molar-refractivity contribution in [1.82, 2.24) is 0 Å². The van der Waals surface area contributed by atoms with Crippen molar-refractivity contribution < 1.29 is 15.3 Å². The van der Waals surface area contributed by atoms with Crippen molar-refractivity contribution in [3.05, 3.63) is 0 Å². The first-order valence-corrected chi connectivity index (χ1v) is 27.0. The van der Waals surface area contributed by atoms with Gasteiger partial charge >= 0.3 is 0 Å². The lowest BCUT2D eigenvalue weighted by atomic mass is 9.60. The van der Waals surface area contributed by atoms with Crippen molar-refractivity contribution in [3.63, 3.8) is 0 Å². The van der Waals surface area contributed by atoms with Crippen molar-refractivity contribution in [1.29, 1.82) is 0 Å². The van der Waals surface area contributed by atoms with Crippen LogP contribution in [0.4, 0.5) is 0 Å². The minimum absolute atomic E-state index is 0.193. The van der Waals surface area contributed by atoms with Crippen molar-refractivity contribution >= 4 is 43.2 Å². The molecule has 0 aliphatic heterocycles. The molecule has 0 aromatic heterocycles. The minimum Gasteiger partial charge on any atom is -0.392 e. The van der Waals surface area contributed by atoms with Gasteiger partial charge in [-0.1, -0.05) is 143 Å². The van der Waals surface area contributed by atoms with Crippen LogP contribution in [0.5, 0.6) is 0 Å². The molecule has 0 amide bonds. The summed E-state index contributed by atoms with van der Waals surface area (Å²) in [4.78, 5) is 0. The van der Waals surface area contributed by atoms with Crippen LogP contribution in [0, 0.1) is 51.8 Å². The van der Waals surface area contributed by atoms with E-state index >= 15 is 0 Å². The van der Waals surface area contributed by atoms with Crippen LogP contribution in [0.2, 0.25) is 0 Å². The first-order chi connectivity index (χ1) is 24.8. The Balaban J connectivity index is 1.12. The van der Waals surface area contributed by atoms with Gasteiger partial charge in [-0.05, 0) is 142 Å². The zero-order valence-corrected chi connectivity index (χ0v) is 37.5. The predicted molar refractivity (Wildman–Crippen MR) is 232 cm³/mol. The molecule has 6 saturated carbocycles. The standard InChI is InChI=1S/C45H80O3S4/c1-43(2,30-16-10-7-11-17-30)33-22-24-36(46)38(26-33)49-51-40-28-35(45(5,6)32-20-14-9-15-21-32)29-41(42(40)48)52-50-39-27-34(23-25-37(39)47)44(3,4)31-18-12-8-13-19-31/h30-42,46-48H,7-29H2,1-6H3. The molecule has 8 atom stereocenters. The third kappa shape index (κ3) is 10.1. The SMILES string of the molecule is CC(C)(C1CCCCC1)C1CCC(O)C(SSC2CC(C(C)(C)C3CCCCC3)CC(SSC3CC(C(C)(C)C4CCCCC4)CCC3O)C2O)C1. The van der Waals surface area contributed by atoms with Crippen molar-refractivity contribution in [2.45, 2.75) is 229 Å².